The molecule has 1 aliphatic rings. The van der Waals surface area contributed by atoms with Crippen molar-refractivity contribution in [2.45, 2.75) is 25.3 Å². The number of nitrogens with one attached hydrogen (secondary N) is 1. The zero-order valence-corrected chi connectivity index (χ0v) is 10.2. The summed E-state index contributed by atoms with van der Waals surface area (Å²) >= 11 is 0. The molecule has 1 N–H and O–H groups in total. The Bertz CT molecular complexity index is 577. The van der Waals surface area contributed by atoms with Crippen molar-refractivity contribution < 1.29 is 1.37 Å². The van der Waals surface area contributed by atoms with E-state index in [9.17, 15) is 0 Å². The molecule has 1 nitrogen and oxygen atoms in total. The lowest BCUT2D eigenvalue weighted by Gasteiger charge is -2.28. The van der Waals surface area contributed by atoms with Gasteiger partial charge in [-0.05, 0) is 17.2 Å². The highest BCUT2D eigenvalue weighted by Crippen LogP contribution is 2.47. The molecule has 0 unspecified atom stereocenters. The highest BCUT2D eigenvalue weighted by atomic mass is 15.0. The molecule has 1 aliphatic heterocycles. The van der Waals surface area contributed by atoms with Crippen molar-refractivity contribution in [3.8, 4) is 0 Å². The summed E-state index contributed by atoms with van der Waals surface area (Å²) in [4.78, 5) is 0. The van der Waals surface area contributed by atoms with Crippen molar-refractivity contribution in [1.82, 2.24) is 0 Å². The minimum absolute atomic E-state index is 0.259. The number of fused-ring (bicyclic) bond motifs is 1. The fourth-order valence-corrected chi connectivity index (χ4v) is 2.60. The third-order valence-electron chi connectivity index (χ3n) is 3.55. The van der Waals surface area contributed by atoms with Crippen LogP contribution in [0.25, 0.3) is 0 Å². The standard InChI is InChI=1S/C16H17N/c1-16(2)13-10-6-7-11-14(13)17-15(16)12-8-4-3-5-9-12/h3-11,15,17H,1-2H3/t15-/m1/s1/i15D. The number of benzene rings is 2. The summed E-state index contributed by atoms with van der Waals surface area (Å²) in [7, 11) is 0. The van der Waals surface area contributed by atoms with E-state index >= 15 is 0 Å². The molecule has 0 aliphatic carbocycles. The molecule has 2 aromatic rings. The van der Waals surface area contributed by atoms with Crippen LogP contribution in [0.1, 0.15) is 32.4 Å². The molecule has 0 spiro atoms. The number of para-hydroxylation sites is 1. The van der Waals surface area contributed by atoms with Gasteiger partial charge in [0, 0.05) is 11.1 Å². The molecule has 1 atom stereocenters. The van der Waals surface area contributed by atoms with E-state index in [1.165, 1.54) is 5.56 Å². The van der Waals surface area contributed by atoms with Crippen LogP contribution >= 0.6 is 0 Å². The highest BCUT2D eigenvalue weighted by Gasteiger charge is 2.39. The molecule has 2 aromatic carbocycles. The maximum Gasteiger partial charge on any atom is 0.0606 e. The Morgan fingerprint density at radius 2 is 1.65 bits per heavy atom. The first-order valence-corrected chi connectivity index (χ1v) is 5.99. The second kappa shape index (κ2) is 3.63. The van der Waals surface area contributed by atoms with Gasteiger partial charge >= 0.3 is 0 Å². The minimum Gasteiger partial charge on any atom is -0.377 e. The molecule has 0 saturated heterocycles. The molecule has 0 aromatic heterocycles. The summed E-state index contributed by atoms with van der Waals surface area (Å²) in [5.74, 6) is 0. The molecule has 0 saturated carbocycles. The van der Waals surface area contributed by atoms with E-state index in [2.05, 4.69) is 31.3 Å². The van der Waals surface area contributed by atoms with Crippen molar-refractivity contribution in [1.29, 1.82) is 0 Å². The maximum atomic E-state index is 8.90. The number of hydrogen-bond acceptors (Lipinski definition) is 1. The molecule has 0 fully saturated rings. The van der Waals surface area contributed by atoms with Crippen LogP contribution in [0.3, 0.4) is 0 Å². The van der Waals surface area contributed by atoms with Gasteiger partial charge < -0.3 is 5.32 Å². The second-order valence-electron chi connectivity index (χ2n) is 5.04. The fraction of sp³-hybridized carbons (Fsp3) is 0.250. The van der Waals surface area contributed by atoms with Crippen LogP contribution in [-0.2, 0) is 5.41 Å². The van der Waals surface area contributed by atoms with Crippen LogP contribution in [0.2, 0.25) is 0 Å². The Morgan fingerprint density at radius 3 is 2.35 bits per heavy atom. The van der Waals surface area contributed by atoms with Gasteiger partial charge in [-0.1, -0.05) is 62.4 Å². The van der Waals surface area contributed by atoms with Crippen molar-refractivity contribution >= 4 is 5.69 Å². The van der Waals surface area contributed by atoms with Gasteiger partial charge in [-0.3, -0.25) is 0 Å². The number of anilines is 1. The summed E-state index contributed by atoms with van der Waals surface area (Å²) in [5.41, 5.74) is 3.03. The average Bonchev–Trinajstić information content (AvgIpc) is 2.60. The monoisotopic (exact) mass is 224 g/mol. The Balaban J connectivity index is 2.18. The quantitative estimate of drug-likeness (QED) is 0.768. The molecular weight excluding hydrogens is 206 g/mol. The molecule has 86 valence electrons. The Labute approximate surface area is 104 Å². The van der Waals surface area contributed by atoms with E-state index in [-0.39, 0.29) is 5.41 Å². The van der Waals surface area contributed by atoms with Gasteiger partial charge in [0.25, 0.3) is 0 Å². The highest BCUT2D eigenvalue weighted by molar-refractivity contribution is 5.62. The summed E-state index contributed by atoms with van der Waals surface area (Å²) in [6, 6.07) is 17.4. The smallest absolute Gasteiger partial charge is 0.0606 e. The second-order valence-corrected chi connectivity index (χ2v) is 5.04. The van der Waals surface area contributed by atoms with Gasteiger partial charge in [0.05, 0.1) is 7.39 Å². The molecule has 1 heteroatoms. The van der Waals surface area contributed by atoms with E-state index in [0.717, 1.165) is 11.3 Å². The zero-order chi connectivity index (χ0) is 12.8. The molecule has 0 bridgehead atoms. The maximum absolute atomic E-state index is 8.90. The first-order chi connectivity index (χ1) is 8.56. The summed E-state index contributed by atoms with van der Waals surface area (Å²) < 4.78 is 8.90. The van der Waals surface area contributed by atoms with Gasteiger partial charge in [0.15, 0.2) is 0 Å². The first-order valence-electron chi connectivity index (χ1n) is 6.49. The third-order valence-corrected chi connectivity index (χ3v) is 3.55. The van der Waals surface area contributed by atoms with Crippen molar-refractivity contribution in [2.24, 2.45) is 0 Å². The number of hydrogen-bond donors (Lipinski definition) is 1. The Kier molecular flexibility index (Phi) is 1.98. The average molecular weight is 224 g/mol. The lowest BCUT2D eigenvalue weighted by molar-refractivity contribution is 0.474. The molecule has 0 radical (unpaired) electrons. The first kappa shape index (κ1) is 9.29. The van der Waals surface area contributed by atoms with Crippen molar-refractivity contribution in [3.05, 3.63) is 65.7 Å². The molecule has 3 rings (SSSR count). The van der Waals surface area contributed by atoms with Crippen LogP contribution in [0, 0.1) is 0 Å². The van der Waals surface area contributed by atoms with Gasteiger partial charge in [-0.2, -0.15) is 0 Å². The van der Waals surface area contributed by atoms with Crippen LogP contribution in [0.4, 0.5) is 5.69 Å². The fourth-order valence-electron chi connectivity index (χ4n) is 2.60. The van der Waals surface area contributed by atoms with E-state index < -0.39 is 6.02 Å². The molecular formula is C16H17N. The van der Waals surface area contributed by atoms with Crippen LogP contribution in [0.5, 0.6) is 0 Å². The Morgan fingerprint density at radius 1 is 1.00 bits per heavy atom. The van der Waals surface area contributed by atoms with Crippen LogP contribution in [0.15, 0.2) is 54.6 Å². The third kappa shape index (κ3) is 1.54. The topological polar surface area (TPSA) is 12.0 Å². The van der Waals surface area contributed by atoms with Gasteiger partial charge in [-0.25, -0.2) is 0 Å². The number of rotatable bonds is 1. The van der Waals surface area contributed by atoms with Gasteiger partial charge in [0.2, 0.25) is 0 Å². The summed E-state index contributed by atoms with van der Waals surface area (Å²) in [6.45, 7) is 4.26. The molecule has 17 heavy (non-hydrogen) atoms. The van der Waals surface area contributed by atoms with Gasteiger partial charge in [0.1, 0.15) is 0 Å². The lowest BCUT2D eigenvalue weighted by atomic mass is 9.78. The van der Waals surface area contributed by atoms with Crippen molar-refractivity contribution in [2.75, 3.05) is 5.32 Å². The van der Waals surface area contributed by atoms with Gasteiger partial charge in [-0.15, -0.1) is 0 Å². The predicted molar refractivity (Wildman–Crippen MR) is 72.3 cm³/mol. The largest absolute Gasteiger partial charge is 0.377 e. The van der Waals surface area contributed by atoms with E-state index in [1.54, 1.807) is 0 Å². The van der Waals surface area contributed by atoms with Crippen molar-refractivity contribution in [3.63, 3.8) is 0 Å². The zero-order valence-electron chi connectivity index (χ0n) is 11.2. The van der Waals surface area contributed by atoms with E-state index in [0.29, 0.717) is 0 Å². The van der Waals surface area contributed by atoms with E-state index in [1.807, 2.05) is 42.5 Å². The predicted octanol–water partition coefficient (Wildman–Crippen LogP) is 4.13. The molecule has 1 heterocycles. The normalized spacial score (nSPS) is 25.9. The van der Waals surface area contributed by atoms with Crippen LogP contribution in [-0.4, -0.2) is 0 Å². The lowest BCUT2D eigenvalue weighted by Crippen LogP contribution is -2.25. The summed E-state index contributed by atoms with van der Waals surface area (Å²) in [5, 5.41) is 3.38. The summed E-state index contributed by atoms with van der Waals surface area (Å²) in [6.07, 6.45) is 0. The Hall–Kier alpha value is -1.76. The SMILES string of the molecule is [2H][C@]1(c2ccccc2)Nc2ccccc2C1(C)C. The van der Waals surface area contributed by atoms with E-state index in [4.69, 9.17) is 1.37 Å². The molecule has 0 amide bonds. The minimum atomic E-state index is -0.808. The van der Waals surface area contributed by atoms with Crippen LogP contribution < -0.4 is 5.32 Å².